The van der Waals surface area contributed by atoms with E-state index in [9.17, 15) is 9.59 Å². The predicted octanol–water partition coefficient (Wildman–Crippen LogP) is 1.23. The Morgan fingerprint density at radius 2 is 2.23 bits per heavy atom. The van der Waals surface area contributed by atoms with E-state index in [1.54, 1.807) is 13.0 Å². The van der Waals surface area contributed by atoms with Crippen LogP contribution in [0, 0.1) is 6.92 Å². The molecule has 0 amide bonds. The molecule has 0 radical (unpaired) electrons. The van der Waals surface area contributed by atoms with Crippen LogP contribution in [-0.4, -0.2) is 17.5 Å². The molecule has 13 heavy (non-hydrogen) atoms. The fourth-order valence-corrected chi connectivity index (χ4v) is 0.912. The number of carbonyl (C=O) groups excluding carboxylic acids is 1. The highest BCUT2D eigenvalue weighted by atomic mass is 16.5. The fraction of sp³-hybridized carbons (Fsp3) is 0.111. The second kappa shape index (κ2) is 3.71. The number of hydrogen-bond donors (Lipinski definition) is 1. The summed E-state index contributed by atoms with van der Waals surface area (Å²) in [5.74, 6) is -0.773. The first-order valence-corrected chi connectivity index (χ1v) is 3.59. The van der Waals surface area contributed by atoms with E-state index in [0.29, 0.717) is 0 Å². The van der Waals surface area contributed by atoms with Gasteiger partial charge in [-0.15, -0.1) is 0 Å². The summed E-state index contributed by atoms with van der Waals surface area (Å²) in [6, 6.07) is 4.35. The Labute approximate surface area is 74.8 Å². The van der Waals surface area contributed by atoms with Crippen LogP contribution in [0.3, 0.4) is 0 Å². The Hall–Kier alpha value is -1.84. The van der Waals surface area contributed by atoms with Gasteiger partial charge in [-0.1, -0.05) is 6.07 Å². The molecule has 0 unspecified atom stereocenters. The van der Waals surface area contributed by atoms with Crippen LogP contribution in [0.4, 0.5) is 0 Å². The van der Waals surface area contributed by atoms with Crippen LogP contribution in [-0.2, 0) is 4.79 Å². The molecule has 0 aliphatic heterocycles. The minimum Gasteiger partial charge on any atom is -0.478 e. The highest BCUT2D eigenvalue weighted by Crippen LogP contribution is 2.18. The van der Waals surface area contributed by atoms with Crippen molar-refractivity contribution in [1.29, 1.82) is 0 Å². The minimum absolute atomic E-state index is 0.0995. The maximum atomic E-state index is 10.5. The van der Waals surface area contributed by atoms with Crippen molar-refractivity contribution in [3.8, 4) is 5.75 Å². The monoisotopic (exact) mass is 180 g/mol. The number of benzene rings is 1. The van der Waals surface area contributed by atoms with Crippen molar-refractivity contribution in [1.82, 2.24) is 0 Å². The van der Waals surface area contributed by atoms with Gasteiger partial charge in [0, 0.05) is 0 Å². The van der Waals surface area contributed by atoms with Gasteiger partial charge in [0.15, 0.2) is 0 Å². The van der Waals surface area contributed by atoms with Gasteiger partial charge in [-0.2, -0.15) is 0 Å². The average molecular weight is 180 g/mol. The van der Waals surface area contributed by atoms with Crippen molar-refractivity contribution < 1.29 is 19.4 Å². The average Bonchev–Trinajstić information content (AvgIpc) is 2.08. The first kappa shape index (κ1) is 9.25. The first-order chi connectivity index (χ1) is 6.15. The Morgan fingerprint density at radius 3 is 2.77 bits per heavy atom. The molecule has 1 aromatic carbocycles. The molecule has 1 aromatic rings. The summed E-state index contributed by atoms with van der Waals surface area (Å²) in [5, 5.41) is 8.62. The first-order valence-electron chi connectivity index (χ1n) is 3.59. The van der Waals surface area contributed by atoms with Crippen molar-refractivity contribution in [2.75, 3.05) is 0 Å². The molecule has 0 fully saturated rings. The smallest absolute Gasteiger partial charge is 0.335 e. The lowest BCUT2D eigenvalue weighted by atomic mass is 10.1. The quantitative estimate of drug-likeness (QED) is 0.710. The molecule has 0 saturated carbocycles. The van der Waals surface area contributed by atoms with Gasteiger partial charge in [0.1, 0.15) is 5.75 Å². The standard InChI is InChI=1S/C9H8O4/c1-6-2-3-7(9(11)12)4-8(6)13-5-10/h2-5H,1H3,(H,11,12). The number of aromatic carboxylic acids is 1. The Morgan fingerprint density at radius 1 is 1.54 bits per heavy atom. The van der Waals surface area contributed by atoms with Crippen molar-refractivity contribution in [3.05, 3.63) is 29.3 Å². The second-order valence-electron chi connectivity index (χ2n) is 2.50. The summed E-state index contributed by atoms with van der Waals surface area (Å²) in [6.07, 6.45) is 0. The maximum Gasteiger partial charge on any atom is 0.335 e. The van der Waals surface area contributed by atoms with Gasteiger partial charge in [0.25, 0.3) is 6.47 Å². The molecule has 1 N–H and O–H groups in total. The lowest BCUT2D eigenvalue weighted by molar-refractivity contribution is -0.120. The topological polar surface area (TPSA) is 63.6 Å². The molecule has 0 saturated heterocycles. The van der Waals surface area contributed by atoms with Gasteiger partial charge >= 0.3 is 5.97 Å². The second-order valence-corrected chi connectivity index (χ2v) is 2.50. The lowest BCUT2D eigenvalue weighted by Crippen LogP contribution is -1.98. The summed E-state index contributed by atoms with van der Waals surface area (Å²) in [5.41, 5.74) is 0.819. The molecular weight excluding hydrogens is 172 g/mol. The number of aryl methyl sites for hydroxylation is 1. The van der Waals surface area contributed by atoms with Crippen LogP contribution < -0.4 is 4.74 Å². The number of ether oxygens (including phenoxy) is 1. The van der Waals surface area contributed by atoms with Crippen molar-refractivity contribution >= 4 is 12.4 Å². The SMILES string of the molecule is Cc1ccc(C(=O)O)cc1OC=O. The van der Waals surface area contributed by atoms with E-state index < -0.39 is 5.97 Å². The molecule has 0 aromatic heterocycles. The predicted molar refractivity (Wildman–Crippen MR) is 44.8 cm³/mol. The largest absolute Gasteiger partial charge is 0.478 e. The maximum absolute atomic E-state index is 10.5. The van der Waals surface area contributed by atoms with E-state index >= 15 is 0 Å². The van der Waals surface area contributed by atoms with Crippen molar-refractivity contribution in [2.45, 2.75) is 6.92 Å². The van der Waals surface area contributed by atoms with Crippen molar-refractivity contribution in [2.24, 2.45) is 0 Å². The molecule has 0 aliphatic carbocycles. The fourth-order valence-electron chi connectivity index (χ4n) is 0.912. The summed E-state index contributed by atoms with van der Waals surface area (Å²) < 4.78 is 4.58. The molecule has 0 atom stereocenters. The Bertz CT molecular complexity index is 343. The Kier molecular flexibility index (Phi) is 2.64. The Balaban J connectivity index is 3.10. The third-order valence-corrected chi connectivity index (χ3v) is 1.61. The molecule has 0 spiro atoms. The number of carbonyl (C=O) groups is 2. The van der Waals surface area contributed by atoms with Gasteiger partial charge in [-0.05, 0) is 24.6 Å². The molecule has 4 nitrogen and oxygen atoms in total. The van der Waals surface area contributed by atoms with E-state index in [4.69, 9.17) is 5.11 Å². The molecular formula is C9H8O4. The van der Waals surface area contributed by atoms with Crippen LogP contribution in [0.25, 0.3) is 0 Å². The normalized spacial score (nSPS) is 9.31. The zero-order valence-electron chi connectivity index (χ0n) is 6.98. The summed E-state index contributed by atoms with van der Waals surface area (Å²) >= 11 is 0. The third-order valence-electron chi connectivity index (χ3n) is 1.61. The molecule has 68 valence electrons. The van der Waals surface area contributed by atoms with E-state index in [-0.39, 0.29) is 17.8 Å². The highest BCUT2D eigenvalue weighted by Gasteiger charge is 2.06. The van der Waals surface area contributed by atoms with Crippen LogP contribution in [0.2, 0.25) is 0 Å². The summed E-state index contributed by atoms with van der Waals surface area (Å²) in [6.45, 7) is 2.00. The number of rotatable bonds is 3. The molecule has 1 rings (SSSR count). The van der Waals surface area contributed by atoms with Crippen LogP contribution in [0.5, 0.6) is 5.75 Å². The number of carboxylic acids is 1. The molecule has 0 bridgehead atoms. The molecule has 4 heteroatoms. The lowest BCUT2D eigenvalue weighted by Gasteiger charge is -2.03. The van der Waals surface area contributed by atoms with Gasteiger partial charge in [0.2, 0.25) is 0 Å². The molecule has 0 aliphatic rings. The van der Waals surface area contributed by atoms with Gasteiger partial charge in [-0.25, -0.2) is 4.79 Å². The van der Waals surface area contributed by atoms with E-state index in [1.165, 1.54) is 12.1 Å². The summed E-state index contributed by atoms with van der Waals surface area (Å²) in [7, 11) is 0. The van der Waals surface area contributed by atoms with E-state index in [1.807, 2.05) is 0 Å². The van der Waals surface area contributed by atoms with E-state index in [2.05, 4.69) is 4.74 Å². The van der Waals surface area contributed by atoms with Crippen LogP contribution >= 0.6 is 0 Å². The minimum atomic E-state index is -1.05. The summed E-state index contributed by atoms with van der Waals surface area (Å²) in [4.78, 5) is 20.6. The number of carboxylic acid groups (broad SMARTS) is 1. The van der Waals surface area contributed by atoms with Gasteiger partial charge < -0.3 is 9.84 Å². The van der Waals surface area contributed by atoms with Crippen molar-refractivity contribution in [3.63, 3.8) is 0 Å². The molecule has 0 heterocycles. The zero-order valence-corrected chi connectivity index (χ0v) is 6.98. The van der Waals surface area contributed by atoms with Gasteiger partial charge in [0.05, 0.1) is 5.56 Å². The van der Waals surface area contributed by atoms with Crippen LogP contribution in [0.1, 0.15) is 15.9 Å². The highest BCUT2D eigenvalue weighted by molar-refractivity contribution is 5.88. The van der Waals surface area contributed by atoms with E-state index in [0.717, 1.165) is 5.56 Å². The zero-order chi connectivity index (χ0) is 9.84. The van der Waals surface area contributed by atoms with Gasteiger partial charge in [-0.3, -0.25) is 4.79 Å². The number of hydrogen-bond acceptors (Lipinski definition) is 3. The van der Waals surface area contributed by atoms with Crippen LogP contribution in [0.15, 0.2) is 18.2 Å². The third kappa shape index (κ3) is 2.05.